The van der Waals surface area contributed by atoms with Gasteiger partial charge in [-0.15, -0.1) is 0 Å². The van der Waals surface area contributed by atoms with Gasteiger partial charge in [0.15, 0.2) is 11.5 Å². The number of anilines is 1. The largest absolute Gasteiger partial charge is 0.463 e. The summed E-state index contributed by atoms with van der Waals surface area (Å²) in [5, 5.41) is 7.76. The Balaban J connectivity index is 1.63. The lowest BCUT2D eigenvalue weighted by molar-refractivity contribution is 0.102. The lowest BCUT2D eigenvalue weighted by atomic mass is 10.2. The quantitative estimate of drug-likeness (QED) is 0.453. The highest BCUT2D eigenvalue weighted by Gasteiger charge is 2.20. The lowest BCUT2D eigenvalue weighted by Crippen LogP contribution is -2.22. The van der Waals surface area contributed by atoms with Gasteiger partial charge in [-0.2, -0.15) is 5.10 Å². The van der Waals surface area contributed by atoms with E-state index < -0.39 is 15.9 Å². The van der Waals surface area contributed by atoms with Crippen LogP contribution in [0.15, 0.2) is 82.3 Å². The Kier molecular flexibility index (Phi) is 5.88. The zero-order valence-corrected chi connectivity index (χ0v) is 18.8. The minimum Gasteiger partial charge on any atom is -0.463 e. The zero-order chi connectivity index (χ0) is 22.9. The number of halogens is 1. The maximum absolute atomic E-state index is 12.9. The Morgan fingerprint density at radius 3 is 2.34 bits per heavy atom. The van der Waals surface area contributed by atoms with Crippen LogP contribution in [0.25, 0.3) is 17.1 Å². The number of carbonyl (C=O) groups excluding carboxylic acids is 1. The molecule has 1 amide bonds. The smallest absolute Gasteiger partial charge is 0.276 e. The molecule has 2 aromatic carbocycles. The molecule has 0 bridgehead atoms. The van der Waals surface area contributed by atoms with Gasteiger partial charge in [-0.25, -0.2) is 17.4 Å². The number of hydrogen-bond donors (Lipinski definition) is 1. The first-order valence-corrected chi connectivity index (χ1v) is 11.3. The van der Waals surface area contributed by atoms with E-state index in [2.05, 4.69) is 10.4 Å². The highest BCUT2D eigenvalue weighted by atomic mass is 35.5. The molecule has 0 aliphatic heterocycles. The van der Waals surface area contributed by atoms with E-state index in [1.54, 1.807) is 47.1 Å². The van der Waals surface area contributed by atoms with Crippen LogP contribution in [-0.4, -0.2) is 42.5 Å². The highest BCUT2D eigenvalue weighted by molar-refractivity contribution is 7.89. The minimum atomic E-state index is -3.55. The fraction of sp³-hybridized carbons (Fsp3) is 0.0909. The van der Waals surface area contributed by atoms with Crippen LogP contribution in [0.4, 0.5) is 5.69 Å². The SMILES string of the molecule is CN(C)S(=O)(=O)c1ccc(NC(=O)c2cc(-c3ccco3)n(-c3ccc(Cl)cc3)n2)cc1. The summed E-state index contributed by atoms with van der Waals surface area (Å²) in [6.07, 6.45) is 1.54. The van der Waals surface area contributed by atoms with Crippen molar-refractivity contribution >= 4 is 33.2 Å². The normalized spacial score (nSPS) is 11.6. The maximum atomic E-state index is 12.9. The van der Waals surface area contributed by atoms with E-state index in [0.29, 0.717) is 27.9 Å². The first-order valence-electron chi connectivity index (χ1n) is 9.49. The summed E-state index contributed by atoms with van der Waals surface area (Å²) >= 11 is 5.99. The number of furan rings is 1. The van der Waals surface area contributed by atoms with Crippen molar-refractivity contribution in [1.29, 1.82) is 0 Å². The summed E-state index contributed by atoms with van der Waals surface area (Å²) in [7, 11) is -0.636. The van der Waals surface area contributed by atoms with Crippen LogP contribution in [0, 0.1) is 0 Å². The van der Waals surface area contributed by atoms with E-state index >= 15 is 0 Å². The molecule has 0 spiro atoms. The van der Waals surface area contributed by atoms with Crippen molar-refractivity contribution in [1.82, 2.24) is 14.1 Å². The second kappa shape index (κ2) is 8.62. The van der Waals surface area contributed by atoms with E-state index in [1.807, 2.05) is 0 Å². The molecule has 0 aliphatic rings. The predicted octanol–water partition coefficient (Wildman–Crippen LogP) is 4.29. The standard InChI is InChI=1S/C22H19ClN4O4S/c1-26(2)32(29,30)18-11-7-16(8-12-18)24-22(28)19-14-20(21-4-3-13-31-21)27(25-19)17-9-5-15(23)6-10-17/h3-14H,1-2H3,(H,24,28). The van der Waals surface area contributed by atoms with Crippen molar-refractivity contribution in [3.05, 3.63) is 83.7 Å². The van der Waals surface area contributed by atoms with Gasteiger partial charge in [-0.1, -0.05) is 11.6 Å². The van der Waals surface area contributed by atoms with Gasteiger partial charge in [-0.3, -0.25) is 4.79 Å². The Morgan fingerprint density at radius 1 is 1.06 bits per heavy atom. The Hall–Kier alpha value is -3.40. The molecule has 2 heterocycles. The first kappa shape index (κ1) is 21.8. The molecule has 164 valence electrons. The fourth-order valence-electron chi connectivity index (χ4n) is 2.99. The molecule has 4 rings (SSSR count). The van der Waals surface area contributed by atoms with Crippen molar-refractivity contribution in [2.24, 2.45) is 0 Å². The molecule has 0 saturated heterocycles. The number of rotatable bonds is 6. The topological polar surface area (TPSA) is 97.4 Å². The van der Waals surface area contributed by atoms with Gasteiger partial charge < -0.3 is 9.73 Å². The third kappa shape index (κ3) is 4.31. The van der Waals surface area contributed by atoms with Crippen molar-refractivity contribution in [3.63, 3.8) is 0 Å². The Labute approximate surface area is 190 Å². The second-order valence-corrected chi connectivity index (χ2v) is 9.63. The summed E-state index contributed by atoms with van der Waals surface area (Å²) in [6.45, 7) is 0. The van der Waals surface area contributed by atoms with E-state index in [0.717, 1.165) is 4.31 Å². The number of nitrogens with zero attached hydrogens (tertiary/aromatic N) is 3. The number of aromatic nitrogens is 2. The van der Waals surface area contributed by atoms with Gasteiger partial charge in [0.25, 0.3) is 5.91 Å². The average molecular weight is 471 g/mol. The summed E-state index contributed by atoms with van der Waals surface area (Å²) in [5.74, 6) is 0.0958. The molecule has 0 saturated carbocycles. The first-order chi connectivity index (χ1) is 15.3. The Bertz CT molecular complexity index is 1340. The third-order valence-corrected chi connectivity index (χ3v) is 6.76. The van der Waals surface area contributed by atoms with E-state index in [1.165, 1.54) is 44.6 Å². The molecule has 10 heteroatoms. The number of sulfonamides is 1. The number of benzene rings is 2. The summed E-state index contributed by atoms with van der Waals surface area (Å²) in [4.78, 5) is 13.0. The number of carbonyl (C=O) groups is 1. The van der Waals surface area contributed by atoms with E-state index in [-0.39, 0.29) is 10.6 Å². The Morgan fingerprint density at radius 2 is 1.75 bits per heavy atom. The van der Waals surface area contributed by atoms with Gasteiger partial charge in [0.2, 0.25) is 10.0 Å². The average Bonchev–Trinajstić information content (AvgIpc) is 3.44. The van der Waals surface area contributed by atoms with Crippen molar-refractivity contribution in [2.75, 3.05) is 19.4 Å². The molecule has 0 radical (unpaired) electrons. The third-order valence-electron chi connectivity index (χ3n) is 4.68. The fourth-order valence-corrected chi connectivity index (χ4v) is 4.01. The van der Waals surface area contributed by atoms with Crippen LogP contribution >= 0.6 is 11.6 Å². The van der Waals surface area contributed by atoms with E-state index in [4.69, 9.17) is 16.0 Å². The molecule has 0 fully saturated rings. The van der Waals surface area contributed by atoms with E-state index in [9.17, 15) is 13.2 Å². The minimum absolute atomic E-state index is 0.132. The molecule has 4 aromatic rings. The maximum Gasteiger partial charge on any atom is 0.276 e. The zero-order valence-electron chi connectivity index (χ0n) is 17.2. The molecule has 1 N–H and O–H groups in total. The van der Waals surface area contributed by atoms with Gasteiger partial charge in [0.05, 0.1) is 16.8 Å². The molecule has 8 nitrogen and oxygen atoms in total. The van der Waals surface area contributed by atoms with Crippen LogP contribution in [-0.2, 0) is 10.0 Å². The summed E-state index contributed by atoms with van der Waals surface area (Å²) < 4.78 is 32.6. The van der Waals surface area contributed by atoms with Crippen molar-refractivity contribution < 1.29 is 17.6 Å². The lowest BCUT2D eigenvalue weighted by Gasteiger charge is -2.11. The van der Waals surface area contributed by atoms with Gasteiger partial charge >= 0.3 is 0 Å². The number of nitrogens with one attached hydrogen (secondary N) is 1. The van der Waals surface area contributed by atoms with Crippen molar-refractivity contribution in [3.8, 4) is 17.1 Å². The van der Waals surface area contributed by atoms with Gasteiger partial charge in [0, 0.05) is 30.9 Å². The van der Waals surface area contributed by atoms with Crippen LogP contribution in [0.5, 0.6) is 0 Å². The van der Waals surface area contributed by atoms with Crippen LogP contribution in [0.3, 0.4) is 0 Å². The van der Waals surface area contributed by atoms with Gasteiger partial charge in [0.1, 0.15) is 5.69 Å². The number of hydrogen-bond acceptors (Lipinski definition) is 5. The van der Waals surface area contributed by atoms with Crippen LogP contribution in [0.1, 0.15) is 10.5 Å². The van der Waals surface area contributed by atoms with Crippen molar-refractivity contribution in [2.45, 2.75) is 4.90 Å². The van der Waals surface area contributed by atoms with Crippen LogP contribution < -0.4 is 5.32 Å². The van der Waals surface area contributed by atoms with Crippen LogP contribution in [0.2, 0.25) is 5.02 Å². The molecule has 0 atom stereocenters. The predicted molar refractivity (Wildman–Crippen MR) is 122 cm³/mol. The number of amides is 1. The summed E-state index contributed by atoms with van der Waals surface area (Å²) in [6, 6.07) is 18.1. The molecule has 0 unspecified atom stereocenters. The molecule has 2 aromatic heterocycles. The second-order valence-electron chi connectivity index (χ2n) is 7.05. The molecular formula is C22H19ClN4O4S. The monoisotopic (exact) mass is 470 g/mol. The molecular weight excluding hydrogens is 452 g/mol. The molecule has 32 heavy (non-hydrogen) atoms. The molecule has 0 aliphatic carbocycles. The highest BCUT2D eigenvalue weighted by Crippen LogP contribution is 2.26. The summed E-state index contributed by atoms with van der Waals surface area (Å²) in [5.41, 5.74) is 1.90. The van der Waals surface area contributed by atoms with Gasteiger partial charge in [-0.05, 0) is 60.7 Å².